The predicted octanol–water partition coefficient (Wildman–Crippen LogP) is 5.94. The molecule has 206 valence electrons. The quantitative estimate of drug-likeness (QED) is 0.400. The molecular formula is C28H32ClFN6O3. The first-order valence-electron chi connectivity index (χ1n) is 13.4. The summed E-state index contributed by atoms with van der Waals surface area (Å²) in [5.74, 6) is 1.40. The highest BCUT2D eigenvalue weighted by atomic mass is 35.5. The van der Waals surface area contributed by atoms with Crippen LogP contribution in [0, 0.1) is 11.7 Å². The van der Waals surface area contributed by atoms with Gasteiger partial charge in [-0.15, -0.1) is 0 Å². The zero-order chi connectivity index (χ0) is 27.3. The van der Waals surface area contributed by atoms with Crippen LogP contribution in [0.2, 0.25) is 5.02 Å². The first kappa shape index (κ1) is 25.9. The largest absolute Gasteiger partial charge is 0.492 e. The van der Waals surface area contributed by atoms with E-state index in [1.54, 1.807) is 12.1 Å². The van der Waals surface area contributed by atoms with Crippen LogP contribution in [-0.4, -0.2) is 63.3 Å². The minimum atomic E-state index is -0.608. The van der Waals surface area contributed by atoms with Gasteiger partial charge in [-0.3, -0.25) is 0 Å². The molecule has 3 aliphatic heterocycles. The Morgan fingerprint density at radius 2 is 1.90 bits per heavy atom. The van der Waals surface area contributed by atoms with E-state index in [1.165, 1.54) is 6.33 Å². The number of amides is 1. The van der Waals surface area contributed by atoms with Crippen LogP contribution >= 0.6 is 11.6 Å². The zero-order valence-corrected chi connectivity index (χ0v) is 23.0. The van der Waals surface area contributed by atoms with E-state index in [4.69, 9.17) is 26.1 Å². The number of halogens is 2. The van der Waals surface area contributed by atoms with Gasteiger partial charge in [-0.2, -0.15) is 0 Å². The van der Waals surface area contributed by atoms with Crippen molar-refractivity contribution in [2.24, 2.45) is 5.92 Å². The Kier molecular flexibility index (Phi) is 6.61. The van der Waals surface area contributed by atoms with Crippen LogP contribution in [0.1, 0.15) is 46.5 Å². The lowest BCUT2D eigenvalue weighted by molar-refractivity contribution is 0.000790. The number of hydrogen-bond acceptors (Lipinski definition) is 8. The van der Waals surface area contributed by atoms with Gasteiger partial charge in [0.25, 0.3) is 0 Å². The summed E-state index contributed by atoms with van der Waals surface area (Å²) in [5.41, 5.74) is 0.787. The van der Waals surface area contributed by atoms with Crippen molar-refractivity contribution in [2.75, 3.05) is 29.9 Å². The number of rotatable bonds is 6. The van der Waals surface area contributed by atoms with Crippen LogP contribution in [0.4, 0.5) is 26.5 Å². The summed E-state index contributed by atoms with van der Waals surface area (Å²) < 4.78 is 26.5. The fraction of sp³-hybridized carbons (Fsp3) is 0.500. The molecule has 3 aromatic rings. The van der Waals surface area contributed by atoms with Crippen molar-refractivity contribution in [3.8, 4) is 5.75 Å². The van der Waals surface area contributed by atoms with Crippen molar-refractivity contribution in [3.63, 3.8) is 0 Å². The summed E-state index contributed by atoms with van der Waals surface area (Å²) in [4.78, 5) is 30.4. The number of carbonyl (C=O) groups excluding carboxylic acids is 1. The van der Waals surface area contributed by atoms with Crippen molar-refractivity contribution >= 4 is 46.1 Å². The van der Waals surface area contributed by atoms with Crippen LogP contribution in [0.5, 0.6) is 5.75 Å². The summed E-state index contributed by atoms with van der Waals surface area (Å²) in [6.45, 7) is 7.42. The molecule has 9 nitrogen and oxygen atoms in total. The molecule has 11 heteroatoms. The third-order valence-corrected chi connectivity index (χ3v) is 7.74. The smallest absolute Gasteiger partial charge is 0.410 e. The number of piperidine rings is 2. The molecule has 2 aromatic heterocycles. The van der Waals surface area contributed by atoms with Crippen molar-refractivity contribution < 1.29 is 18.7 Å². The first-order chi connectivity index (χ1) is 18.7. The van der Waals surface area contributed by atoms with Gasteiger partial charge in [-0.1, -0.05) is 11.6 Å². The molecule has 4 fully saturated rings. The molecule has 39 heavy (non-hydrogen) atoms. The van der Waals surface area contributed by atoms with Gasteiger partial charge in [0.2, 0.25) is 0 Å². The molecule has 2 atom stereocenters. The van der Waals surface area contributed by atoms with Crippen molar-refractivity contribution in [2.45, 2.75) is 64.1 Å². The summed E-state index contributed by atoms with van der Waals surface area (Å²) >= 11 is 6.29. The third kappa shape index (κ3) is 5.39. The maximum atomic E-state index is 15.2. The van der Waals surface area contributed by atoms with E-state index in [0.29, 0.717) is 48.2 Å². The third-order valence-electron chi connectivity index (χ3n) is 7.39. The molecule has 0 radical (unpaired) electrons. The fourth-order valence-corrected chi connectivity index (χ4v) is 5.41. The molecule has 1 aliphatic carbocycles. The van der Waals surface area contributed by atoms with Gasteiger partial charge in [-0.25, -0.2) is 24.1 Å². The van der Waals surface area contributed by atoms with E-state index in [2.05, 4.69) is 20.2 Å². The van der Waals surface area contributed by atoms with Crippen molar-refractivity contribution in [3.05, 3.63) is 41.4 Å². The Morgan fingerprint density at radius 1 is 1.10 bits per heavy atom. The highest BCUT2D eigenvalue weighted by Gasteiger charge is 2.43. The van der Waals surface area contributed by atoms with Crippen LogP contribution in [-0.2, 0) is 4.74 Å². The van der Waals surface area contributed by atoms with E-state index < -0.39 is 11.4 Å². The normalized spacial score (nSPS) is 20.8. The van der Waals surface area contributed by atoms with E-state index in [9.17, 15) is 4.79 Å². The number of nitrogens with zero attached hydrogens (tertiary/aromatic N) is 5. The SMILES string of the molecule is CC(C)(C)OC(=O)N1CC2CC[C@@H]1CN2c1ccc2ncnc(Nc3ccc(OCC4CC4)c(Cl)c3F)c2n1. The fourth-order valence-electron chi connectivity index (χ4n) is 5.19. The number of pyridine rings is 1. The zero-order valence-electron chi connectivity index (χ0n) is 22.3. The number of carbonyl (C=O) groups is 1. The number of fused-ring (bicyclic) bond motifs is 4. The predicted molar refractivity (Wildman–Crippen MR) is 147 cm³/mol. The molecule has 4 aliphatic rings. The van der Waals surface area contributed by atoms with Gasteiger partial charge in [0.15, 0.2) is 11.6 Å². The van der Waals surface area contributed by atoms with Crippen molar-refractivity contribution in [1.29, 1.82) is 0 Å². The second-order valence-electron chi connectivity index (χ2n) is 11.5. The summed E-state index contributed by atoms with van der Waals surface area (Å²) in [6, 6.07) is 7.24. The van der Waals surface area contributed by atoms with Crippen molar-refractivity contribution in [1.82, 2.24) is 19.9 Å². The molecule has 1 unspecified atom stereocenters. The Hall–Kier alpha value is -3.40. The van der Waals surface area contributed by atoms with Crippen LogP contribution in [0.15, 0.2) is 30.6 Å². The molecule has 5 heterocycles. The van der Waals surface area contributed by atoms with E-state index in [-0.39, 0.29) is 28.9 Å². The highest BCUT2D eigenvalue weighted by molar-refractivity contribution is 6.32. The average Bonchev–Trinajstić information content (AvgIpc) is 3.74. The lowest BCUT2D eigenvalue weighted by Gasteiger charge is -2.51. The molecule has 1 amide bonds. The van der Waals surface area contributed by atoms with E-state index >= 15 is 4.39 Å². The van der Waals surface area contributed by atoms with Gasteiger partial charge in [-0.05, 0) is 76.6 Å². The van der Waals surface area contributed by atoms with Gasteiger partial charge in [0, 0.05) is 19.1 Å². The number of ether oxygens (including phenoxy) is 2. The molecule has 3 saturated heterocycles. The molecule has 1 saturated carbocycles. The average molecular weight is 555 g/mol. The van der Waals surface area contributed by atoms with E-state index in [1.807, 2.05) is 37.8 Å². The number of anilines is 3. The monoisotopic (exact) mass is 554 g/mol. The first-order valence-corrected chi connectivity index (χ1v) is 13.8. The molecule has 7 rings (SSSR count). The number of nitrogens with one attached hydrogen (secondary N) is 1. The van der Waals surface area contributed by atoms with E-state index in [0.717, 1.165) is 31.5 Å². The molecule has 0 spiro atoms. The molecule has 1 aromatic carbocycles. The van der Waals surface area contributed by atoms with Crippen LogP contribution in [0.25, 0.3) is 11.0 Å². The second-order valence-corrected chi connectivity index (χ2v) is 11.9. The lowest BCUT2D eigenvalue weighted by Crippen LogP contribution is -2.64. The Bertz CT molecular complexity index is 1410. The molecule has 2 bridgehead atoms. The number of benzene rings is 1. The number of hydrogen-bond donors (Lipinski definition) is 1. The maximum absolute atomic E-state index is 15.2. The Morgan fingerprint density at radius 3 is 2.62 bits per heavy atom. The summed E-state index contributed by atoms with van der Waals surface area (Å²) in [5, 5.41) is 2.99. The standard InChI is InChI=1S/C28H32ClFN6O3/c1-28(2,3)39-27(37)36-13-17-6-7-18(36)12-35(17)22-11-9-20-25(34-22)26(32-15-31-20)33-19-8-10-21(23(29)24(19)30)38-14-16-4-5-16/h8-11,15-18H,4-7,12-14H2,1-3H3,(H,31,32,33)/t17?,18-/m1/s1. The summed E-state index contributed by atoms with van der Waals surface area (Å²) in [7, 11) is 0. The van der Waals surface area contributed by atoms with Crippen LogP contribution < -0.4 is 15.0 Å². The van der Waals surface area contributed by atoms with Gasteiger partial charge in [0.05, 0.1) is 23.9 Å². The Balaban J connectivity index is 1.23. The second kappa shape index (κ2) is 9.97. The topological polar surface area (TPSA) is 92.7 Å². The van der Waals surface area contributed by atoms with Gasteiger partial charge in [0.1, 0.15) is 34.0 Å². The van der Waals surface area contributed by atoms with Gasteiger partial charge < -0.3 is 24.6 Å². The van der Waals surface area contributed by atoms with Gasteiger partial charge >= 0.3 is 6.09 Å². The highest BCUT2D eigenvalue weighted by Crippen LogP contribution is 2.37. The van der Waals surface area contributed by atoms with Crippen LogP contribution in [0.3, 0.4) is 0 Å². The molecule has 1 N–H and O–H groups in total. The Labute approximate surface area is 231 Å². The number of piperazine rings is 1. The maximum Gasteiger partial charge on any atom is 0.410 e. The lowest BCUT2D eigenvalue weighted by atomic mass is 9.91. The molecular weight excluding hydrogens is 523 g/mol. The minimum absolute atomic E-state index is 0.0452. The minimum Gasteiger partial charge on any atom is -0.492 e. The summed E-state index contributed by atoms with van der Waals surface area (Å²) in [6.07, 6.45) is 5.30. The number of aromatic nitrogens is 3.